The molecule has 1 N–H and O–H groups in total. The third-order valence-corrected chi connectivity index (χ3v) is 5.55. The Morgan fingerprint density at radius 3 is 2.80 bits per heavy atom. The van der Waals surface area contributed by atoms with Gasteiger partial charge in [-0.25, -0.2) is 4.79 Å². The summed E-state index contributed by atoms with van der Waals surface area (Å²) in [5.74, 6) is -0.0472. The van der Waals surface area contributed by atoms with E-state index in [2.05, 4.69) is 30.4 Å². The van der Waals surface area contributed by atoms with Gasteiger partial charge in [-0.1, -0.05) is 43.7 Å². The van der Waals surface area contributed by atoms with Crippen molar-refractivity contribution in [3.05, 3.63) is 65.2 Å². The second kappa shape index (κ2) is 9.93. The van der Waals surface area contributed by atoms with Crippen molar-refractivity contribution in [3.63, 3.8) is 0 Å². The summed E-state index contributed by atoms with van der Waals surface area (Å²) in [7, 11) is 0. The SMILES string of the molecule is CCCCN(CC(=O)N1CCc2ccccc2C1C)C(=O)Nc1cccc(C#N)c1. The minimum Gasteiger partial charge on any atom is -0.334 e. The number of amides is 3. The molecule has 0 saturated carbocycles. The lowest BCUT2D eigenvalue weighted by Crippen LogP contribution is -2.47. The Morgan fingerprint density at radius 2 is 2.03 bits per heavy atom. The molecule has 2 aromatic carbocycles. The lowest BCUT2D eigenvalue weighted by atomic mass is 9.93. The average molecular weight is 405 g/mol. The Kier molecular flexibility index (Phi) is 7.08. The zero-order chi connectivity index (χ0) is 21.5. The maximum atomic E-state index is 13.1. The van der Waals surface area contributed by atoms with Crippen LogP contribution in [0.3, 0.4) is 0 Å². The predicted octanol–water partition coefficient (Wildman–Crippen LogP) is 4.34. The summed E-state index contributed by atoms with van der Waals surface area (Å²) >= 11 is 0. The quantitative estimate of drug-likeness (QED) is 0.778. The molecule has 1 atom stereocenters. The third-order valence-electron chi connectivity index (χ3n) is 5.55. The van der Waals surface area contributed by atoms with Gasteiger partial charge in [0.1, 0.15) is 6.54 Å². The maximum absolute atomic E-state index is 13.1. The molecule has 6 heteroatoms. The zero-order valence-electron chi connectivity index (χ0n) is 17.6. The monoisotopic (exact) mass is 404 g/mol. The van der Waals surface area contributed by atoms with Crippen LogP contribution in [0.4, 0.5) is 10.5 Å². The molecule has 1 aliphatic heterocycles. The van der Waals surface area contributed by atoms with Crippen molar-refractivity contribution in [3.8, 4) is 6.07 Å². The first kappa shape index (κ1) is 21.4. The topological polar surface area (TPSA) is 76.4 Å². The Hall–Kier alpha value is -3.33. The number of anilines is 1. The number of nitrogens with one attached hydrogen (secondary N) is 1. The van der Waals surface area contributed by atoms with Crippen LogP contribution in [0.2, 0.25) is 0 Å². The molecule has 0 bridgehead atoms. The molecule has 2 aromatic rings. The highest BCUT2D eigenvalue weighted by Crippen LogP contribution is 2.29. The van der Waals surface area contributed by atoms with Crippen molar-refractivity contribution in [1.82, 2.24) is 9.80 Å². The van der Waals surface area contributed by atoms with Crippen LogP contribution in [0, 0.1) is 11.3 Å². The number of carbonyl (C=O) groups excluding carboxylic acids is 2. The molecule has 1 heterocycles. The largest absolute Gasteiger partial charge is 0.334 e. The fraction of sp³-hybridized carbons (Fsp3) is 0.375. The number of nitrogens with zero attached hydrogens (tertiary/aromatic N) is 3. The number of hydrogen-bond donors (Lipinski definition) is 1. The van der Waals surface area contributed by atoms with E-state index in [-0.39, 0.29) is 24.5 Å². The summed E-state index contributed by atoms with van der Waals surface area (Å²) in [6, 6.07) is 16.7. The van der Waals surface area contributed by atoms with Crippen LogP contribution in [0.1, 0.15) is 49.4 Å². The molecule has 30 heavy (non-hydrogen) atoms. The average Bonchev–Trinajstić information content (AvgIpc) is 2.77. The number of nitriles is 1. The van der Waals surface area contributed by atoms with Gasteiger partial charge in [0.05, 0.1) is 17.7 Å². The van der Waals surface area contributed by atoms with E-state index in [9.17, 15) is 9.59 Å². The van der Waals surface area contributed by atoms with Gasteiger partial charge in [0.25, 0.3) is 0 Å². The van der Waals surface area contributed by atoms with Gasteiger partial charge in [-0.3, -0.25) is 4.79 Å². The van der Waals surface area contributed by atoms with Crippen LogP contribution in [-0.2, 0) is 11.2 Å². The van der Waals surface area contributed by atoms with Gasteiger partial charge in [0.15, 0.2) is 0 Å². The minimum absolute atomic E-state index is 0.00848. The fourth-order valence-corrected chi connectivity index (χ4v) is 3.84. The van der Waals surface area contributed by atoms with E-state index in [1.807, 2.05) is 24.0 Å². The second-order valence-electron chi connectivity index (χ2n) is 7.61. The predicted molar refractivity (Wildman–Crippen MR) is 117 cm³/mol. The summed E-state index contributed by atoms with van der Waals surface area (Å²) in [5.41, 5.74) is 3.49. The van der Waals surface area contributed by atoms with Crippen molar-refractivity contribution in [2.75, 3.05) is 25.0 Å². The van der Waals surface area contributed by atoms with E-state index in [0.717, 1.165) is 19.3 Å². The summed E-state index contributed by atoms with van der Waals surface area (Å²) < 4.78 is 0. The molecule has 1 unspecified atom stereocenters. The van der Waals surface area contributed by atoms with Gasteiger partial charge < -0.3 is 15.1 Å². The first-order chi connectivity index (χ1) is 14.5. The molecule has 0 aromatic heterocycles. The molecule has 3 rings (SSSR count). The van der Waals surface area contributed by atoms with E-state index < -0.39 is 0 Å². The van der Waals surface area contributed by atoms with Crippen LogP contribution in [0.25, 0.3) is 0 Å². The van der Waals surface area contributed by atoms with Crippen molar-refractivity contribution in [2.24, 2.45) is 0 Å². The molecule has 0 aliphatic carbocycles. The highest BCUT2D eigenvalue weighted by Gasteiger charge is 2.29. The zero-order valence-corrected chi connectivity index (χ0v) is 17.6. The van der Waals surface area contributed by atoms with E-state index >= 15 is 0 Å². The molecule has 0 saturated heterocycles. The smallest absolute Gasteiger partial charge is 0.322 e. The maximum Gasteiger partial charge on any atom is 0.322 e. The molecule has 0 spiro atoms. The van der Waals surface area contributed by atoms with E-state index in [4.69, 9.17) is 5.26 Å². The van der Waals surface area contributed by atoms with Crippen LogP contribution < -0.4 is 5.32 Å². The third kappa shape index (κ3) is 4.98. The molecule has 6 nitrogen and oxygen atoms in total. The number of carbonyl (C=O) groups is 2. The molecule has 3 amide bonds. The van der Waals surface area contributed by atoms with Crippen LogP contribution in [0.15, 0.2) is 48.5 Å². The summed E-state index contributed by atoms with van der Waals surface area (Å²) in [6.45, 7) is 5.29. The van der Waals surface area contributed by atoms with Gasteiger partial charge in [-0.15, -0.1) is 0 Å². The van der Waals surface area contributed by atoms with Crippen molar-refractivity contribution >= 4 is 17.6 Å². The van der Waals surface area contributed by atoms with Gasteiger partial charge >= 0.3 is 6.03 Å². The summed E-state index contributed by atoms with van der Waals surface area (Å²) in [6.07, 6.45) is 2.57. The van der Waals surface area contributed by atoms with E-state index in [1.165, 1.54) is 11.1 Å². The standard InChI is InChI=1S/C24H28N4O2/c1-3-4-13-27(24(30)26-21-10-7-8-19(15-21)16-25)17-23(29)28-14-12-20-9-5-6-11-22(20)18(28)2/h5-11,15,18H,3-4,12-14,17H2,1-2H3,(H,26,30). The Balaban J connectivity index is 1.70. The Morgan fingerprint density at radius 1 is 1.23 bits per heavy atom. The molecular weight excluding hydrogens is 376 g/mol. The van der Waals surface area contributed by atoms with Crippen molar-refractivity contribution < 1.29 is 9.59 Å². The molecule has 1 aliphatic rings. The van der Waals surface area contributed by atoms with Crippen molar-refractivity contribution in [2.45, 2.75) is 39.2 Å². The van der Waals surface area contributed by atoms with Gasteiger partial charge in [-0.2, -0.15) is 5.26 Å². The first-order valence-corrected chi connectivity index (χ1v) is 10.5. The van der Waals surface area contributed by atoms with Crippen LogP contribution >= 0.6 is 0 Å². The van der Waals surface area contributed by atoms with Gasteiger partial charge in [-0.05, 0) is 49.1 Å². The first-order valence-electron chi connectivity index (χ1n) is 10.5. The molecule has 0 radical (unpaired) electrons. The van der Waals surface area contributed by atoms with Crippen LogP contribution in [-0.4, -0.2) is 41.4 Å². The molecule has 156 valence electrons. The second-order valence-corrected chi connectivity index (χ2v) is 7.61. The highest BCUT2D eigenvalue weighted by molar-refractivity contribution is 5.92. The number of rotatable bonds is 6. The number of fused-ring (bicyclic) bond motifs is 1. The lowest BCUT2D eigenvalue weighted by Gasteiger charge is -2.36. The van der Waals surface area contributed by atoms with E-state index in [1.54, 1.807) is 29.2 Å². The molecular formula is C24H28N4O2. The summed E-state index contributed by atoms with van der Waals surface area (Å²) in [4.78, 5) is 29.4. The Labute approximate surface area is 178 Å². The van der Waals surface area contributed by atoms with E-state index in [0.29, 0.717) is 24.3 Å². The minimum atomic E-state index is -0.322. The van der Waals surface area contributed by atoms with Crippen LogP contribution in [0.5, 0.6) is 0 Å². The number of hydrogen-bond acceptors (Lipinski definition) is 3. The number of unbranched alkanes of at least 4 members (excludes halogenated alkanes) is 1. The van der Waals surface area contributed by atoms with Gasteiger partial charge in [0, 0.05) is 18.8 Å². The van der Waals surface area contributed by atoms with Gasteiger partial charge in [0.2, 0.25) is 5.91 Å². The van der Waals surface area contributed by atoms with Crippen molar-refractivity contribution in [1.29, 1.82) is 5.26 Å². The lowest BCUT2D eigenvalue weighted by molar-refractivity contribution is -0.134. The molecule has 0 fully saturated rings. The number of urea groups is 1. The fourth-order valence-electron chi connectivity index (χ4n) is 3.84. The number of benzene rings is 2. The Bertz CT molecular complexity index is 950. The normalized spacial score (nSPS) is 15.1. The highest BCUT2D eigenvalue weighted by atomic mass is 16.2. The summed E-state index contributed by atoms with van der Waals surface area (Å²) in [5, 5.41) is 11.9.